The molecule has 2 unspecified atom stereocenters. The fraction of sp³-hybridized carbons (Fsp3) is 0.533. The standard InChI is InChI=1S/C15H21N3/c1-11-7-13(8-16)3-4-14(11)9-18-6-5-15(10-18)12(2)17/h3-4,7,12,15H,5-6,9-10,17H2,1-2H3. The SMILES string of the molecule is Cc1cc(C#N)ccc1CN1CCC(C(C)N)C1. The third-order valence-electron chi connectivity index (χ3n) is 3.92. The van der Waals surface area contributed by atoms with Crippen molar-refractivity contribution >= 4 is 0 Å². The highest BCUT2D eigenvalue weighted by Crippen LogP contribution is 2.22. The van der Waals surface area contributed by atoms with Crippen LogP contribution in [-0.2, 0) is 6.54 Å². The van der Waals surface area contributed by atoms with Crippen molar-refractivity contribution in [2.75, 3.05) is 13.1 Å². The Labute approximate surface area is 109 Å². The first kappa shape index (κ1) is 13.1. The van der Waals surface area contributed by atoms with E-state index in [1.165, 1.54) is 17.5 Å². The van der Waals surface area contributed by atoms with Crippen LogP contribution in [-0.4, -0.2) is 24.0 Å². The first-order chi connectivity index (χ1) is 8.60. The molecule has 0 radical (unpaired) electrons. The van der Waals surface area contributed by atoms with Crippen LogP contribution in [0.5, 0.6) is 0 Å². The Hall–Kier alpha value is -1.37. The summed E-state index contributed by atoms with van der Waals surface area (Å²) in [7, 11) is 0. The van der Waals surface area contributed by atoms with Crippen molar-refractivity contribution < 1.29 is 0 Å². The van der Waals surface area contributed by atoms with Crippen molar-refractivity contribution in [3.05, 3.63) is 34.9 Å². The summed E-state index contributed by atoms with van der Waals surface area (Å²) in [6.45, 7) is 7.37. The molecular weight excluding hydrogens is 222 g/mol. The van der Waals surface area contributed by atoms with Crippen LogP contribution in [0.4, 0.5) is 0 Å². The maximum atomic E-state index is 8.86. The van der Waals surface area contributed by atoms with Crippen molar-refractivity contribution in [1.29, 1.82) is 5.26 Å². The Balaban J connectivity index is 2.01. The van der Waals surface area contributed by atoms with Crippen molar-refractivity contribution in [3.63, 3.8) is 0 Å². The molecule has 96 valence electrons. The second kappa shape index (κ2) is 5.51. The molecule has 2 rings (SSSR count). The topological polar surface area (TPSA) is 53.0 Å². The number of nitriles is 1. The molecule has 0 amide bonds. The Morgan fingerprint density at radius 3 is 2.89 bits per heavy atom. The van der Waals surface area contributed by atoms with E-state index in [0.717, 1.165) is 25.2 Å². The van der Waals surface area contributed by atoms with Gasteiger partial charge in [-0.3, -0.25) is 4.90 Å². The van der Waals surface area contributed by atoms with E-state index >= 15 is 0 Å². The van der Waals surface area contributed by atoms with E-state index in [2.05, 4.69) is 30.9 Å². The number of benzene rings is 1. The van der Waals surface area contributed by atoms with Gasteiger partial charge in [-0.25, -0.2) is 0 Å². The summed E-state index contributed by atoms with van der Waals surface area (Å²) in [6.07, 6.45) is 1.20. The van der Waals surface area contributed by atoms with Gasteiger partial charge >= 0.3 is 0 Å². The van der Waals surface area contributed by atoms with Gasteiger partial charge in [0.15, 0.2) is 0 Å². The van der Waals surface area contributed by atoms with E-state index in [-0.39, 0.29) is 6.04 Å². The molecule has 1 heterocycles. The minimum Gasteiger partial charge on any atom is -0.328 e. The van der Waals surface area contributed by atoms with E-state index in [4.69, 9.17) is 11.0 Å². The van der Waals surface area contributed by atoms with E-state index in [0.29, 0.717) is 5.92 Å². The Bertz CT molecular complexity index is 459. The molecule has 1 aromatic carbocycles. The Morgan fingerprint density at radius 2 is 2.33 bits per heavy atom. The van der Waals surface area contributed by atoms with Gasteiger partial charge in [0, 0.05) is 19.1 Å². The zero-order chi connectivity index (χ0) is 13.1. The van der Waals surface area contributed by atoms with Crippen LogP contribution in [0, 0.1) is 24.2 Å². The lowest BCUT2D eigenvalue weighted by Crippen LogP contribution is -2.29. The number of hydrogen-bond donors (Lipinski definition) is 1. The first-order valence-electron chi connectivity index (χ1n) is 6.57. The van der Waals surface area contributed by atoms with Crippen LogP contribution in [0.15, 0.2) is 18.2 Å². The van der Waals surface area contributed by atoms with Crippen molar-refractivity contribution in [1.82, 2.24) is 4.90 Å². The lowest BCUT2D eigenvalue weighted by atomic mass is 10.0. The van der Waals surface area contributed by atoms with Crippen LogP contribution < -0.4 is 5.73 Å². The summed E-state index contributed by atoms with van der Waals surface area (Å²) < 4.78 is 0. The third kappa shape index (κ3) is 2.90. The highest BCUT2D eigenvalue weighted by molar-refractivity contribution is 5.37. The molecule has 1 aliphatic rings. The molecule has 0 aromatic heterocycles. The lowest BCUT2D eigenvalue weighted by Gasteiger charge is -2.19. The highest BCUT2D eigenvalue weighted by atomic mass is 15.1. The van der Waals surface area contributed by atoms with Gasteiger partial charge in [-0.1, -0.05) is 6.07 Å². The normalized spacial score (nSPS) is 21.8. The summed E-state index contributed by atoms with van der Waals surface area (Å²) >= 11 is 0. The molecule has 0 aliphatic carbocycles. The molecule has 2 N–H and O–H groups in total. The summed E-state index contributed by atoms with van der Waals surface area (Å²) in [5, 5.41) is 8.86. The maximum absolute atomic E-state index is 8.86. The Kier molecular flexibility index (Phi) is 4.00. The fourth-order valence-corrected chi connectivity index (χ4v) is 2.62. The minimum atomic E-state index is 0.289. The van der Waals surface area contributed by atoms with E-state index in [1.807, 2.05) is 12.1 Å². The van der Waals surface area contributed by atoms with Gasteiger partial charge in [-0.05, 0) is 56.0 Å². The summed E-state index contributed by atoms with van der Waals surface area (Å²) in [5.41, 5.74) is 9.23. The number of rotatable bonds is 3. The first-order valence-corrected chi connectivity index (χ1v) is 6.57. The molecule has 3 nitrogen and oxygen atoms in total. The van der Waals surface area contributed by atoms with E-state index in [9.17, 15) is 0 Å². The monoisotopic (exact) mass is 243 g/mol. The average Bonchev–Trinajstić information content (AvgIpc) is 2.80. The Morgan fingerprint density at radius 1 is 1.56 bits per heavy atom. The minimum absolute atomic E-state index is 0.289. The molecule has 1 aliphatic heterocycles. The summed E-state index contributed by atoms with van der Waals surface area (Å²) in [6, 6.07) is 8.42. The van der Waals surface area contributed by atoms with Crippen LogP contribution in [0.1, 0.15) is 30.0 Å². The van der Waals surface area contributed by atoms with E-state index < -0.39 is 0 Å². The average molecular weight is 243 g/mol. The van der Waals surface area contributed by atoms with Crippen molar-refractivity contribution in [2.24, 2.45) is 11.7 Å². The zero-order valence-corrected chi connectivity index (χ0v) is 11.2. The molecule has 0 bridgehead atoms. The van der Waals surface area contributed by atoms with Gasteiger partial charge in [0.25, 0.3) is 0 Å². The number of nitrogens with two attached hydrogens (primary N) is 1. The number of likely N-dealkylation sites (tertiary alicyclic amines) is 1. The quantitative estimate of drug-likeness (QED) is 0.884. The van der Waals surface area contributed by atoms with Gasteiger partial charge in [0.2, 0.25) is 0 Å². The smallest absolute Gasteiger partial charge is 0.0991 e. The molecule has 1 aromatic rings. The van der Waals surface area contributed by atoms with Crippen LogP contribution in [0.3, 0.4) is 0 Å². The zero-order valence-electron chi connectivity index (χ0n) is 11.2. The number of aryl methyl sites for hydroxylation is 1. The van der Waals surface area contributed by atoms with Gasteiger partial charge in [0.05, 0.1) is 11.6 Å². The molecule has 0 saturated carbocycles. The third-order valence-corrected chi connectivity index (χ3v) is 3.92. The van der Waals surface area contributed by atoms with Crippen LogP contribution >= 0.6 is 0 Å². The molecule has 1 fully saturated rings. The largest absolute Gasteiger partial charge is 0.328 e. The lowest BCUT2D eigenvalue weighted by molar-refractivity contribution is 0.308. The number of nitrogens with zero attached hydrogens (tertiary/aromatic N) is 2. The predicted molar refractivity (Wildman–Crippen MR) is 72.9 cm³/mol. The summed E-state index contributed by atoms with van der Waals surface area (Å²) in [4.78, 5) is 2.46. The van der Waals surface area contributed by atoms with E-state index in [1.54, 1.807) is 0 Å². The maximum Gasteiger partial charge on any atom is 0.0991 e. The predicted octanol–water partition coefficient (Wildman–Crippen LogP) is 2.04. The summed E-state index contributed by atoms with van der Waals surface area (Å²) in [5.74, 6) is 0.628. The fourth-order valence-electron chi connectivity index (χ4n) is 2.62. The van der Waals surface area contributed by atoms with Gasteiger partial charge < -0.3 is 5.73 Å². The van der Waals surface area contributed by atoms with Gasteiger partial charge in [-0.2, -0.15) is 5.26 Å². The van der Waals surface area contributed by atoms with Crippen LogP contribution in [0.25, 0.3) is 0 Å². The molecule has 1 saturated heterocycles. The highest BCUT2D eigenvalue weighted by Gasteiger charge is 2.25. The van der Waals surface area contributed by atoms with Gasteiger partial charge in [0.1, 0.15) is 0 Å². The van der Waals surface area contributed by atoms with Crippen LogP contribution in [0.2, 0.25) is 0 Å². The number of hydrogen-bond acceptors (Lipinski definition) is 3. The molecular formula is C15H21N3. The van der Waals surface area contributed by atoms with Gasteiger partial charge in [-0.15, -0.1) is 0 Å². The second-order valence-electron chi connectivity index (χ2n) is 5.40. The molecule has 0 spiro atoms. The van der Waals surface area contributed by atoms with Crippen molar-refractivity contribution in [3.8, 4) is 6.07 Å². The molecule has 18 heavy (non-hydrogen) atoms. The molecule has 3 heteroatoms. The second-order valence-corrected chi connectivity index (χ2v) is 5.40. The van der Waals surface area contributed by atoms with Crippen molar-refractivity contribution in [2.45, 2.75) is 32.9 Å². The molecule has 2 atom stereocenters.